The number of ether oxygens (including phenoxy) is 2. The summed E-state index contributed by atoms with van der Waals surface area (Å²) >= 11 is 0. The number of amides is 2. The lowest BCUT2D eigenvalue weighted by molar-refractivity contribution is -0.140. The van der Waals surface area contributed by atoms with Gasteiger partial charge in [0.05, 0.1) is 11.9 Å². The van der Waals surface area contributed by atoms with Gasteiger partial charge in [0.25, 0.3) is 0 Å². The molecule has 0 radical (unpaired) electrons. The van der Waals surface area contributed by atoms with Gasteiger partial charge in [-0.1, -0.05) is 43.7 Å². The van der Waals surface area contributed by atoms with Crippen LogP contribution in [0.2, 0.25) is 0 Å². The van der Waals surface area contributed by atoms with Crippen LogP contribution in [0.15, 0.2) is 42.5 Å². The van der Waals surface area contributed by atoms with Crippen LogP contribution < -0.4 is 19.1 Å². The highest BCUT2D eigenvalue weighted by molar-refractivity contribution is 7.92. The molecule has 0 bridgehead atoms. The molecule has 2 aromatic rings. The van der Waals surface area contributed by atoms with Crippen molar-refractivity contribution in [2.45, 2.75) is 46.2 Å². The molecule has 0 aliphatic carbocycles. The molecule has 10 heteroatoms. The highest BCUT2D eigenvalue weighted by atomic mass is 32.2. The molecule has 2 amide bonds. The van der Waals surface area contributed by atoms with E-state index in [1.165, 1.54) is 11.0 Å². The summed E-state index contributed by atoms with van der Waals surface area (Å²) in [5, 5.41) is 2.86. The van der Waals surface area contributed by atoms with Crippen LogP contribution in [-0.4, -0.2) is 57.3 Å². The lowest BCUT2D eigenvalue weighted by Crippen LogP contribution is -2.52. The third-order valence-electron chi connectivity index (χ3n) is 5.69. The van der Waals surface area contributed by atoms with Crippen molar-refractivity contribution in [1.82, 2.24) is 10.2 Å². The van der Waals surface area contributed by atoms with Crippen LogP contribution in [0.4, 0.5) is 5.69 Å². The minimum absolute atomic E-state index is 0.0475. The molecule has 9 nitrogen and oxygen atoms in total. The van der Waals surface area contributed by atoms with Crippen molar-refractivity contribution in [2.24, 2.45) is 0 Å². The molecular weight excluding hydrogens is 470 g/mol. The number of rotatable bonds is 11. The van der Waals surface area contributed by atoms with Gasteiger partial charge in [-0.2, -0.15) is 0 Å². The summed E-state index contributed by atoms with van der Waals surface area (Å²) in [5.41, 5.74) is 2.16. The van der Waals surface area contributed by atoms with Crippen LogP contribution in [0.3, 0.4) is 0 Å². The Morgan fingerprint density at radius 2 is 1.83 bits per heavy atom. The number of fused-ring (bicyclic) bond motifs is 1. The first-order valence-electron chi connectivity index (χ1n) is 11.6. The molecule has 1 aliphatic rings. The number of carbonyl (C=O) groups excluding carboxylic acids is 2. The molecule has 0 saturated carbocycles. The molecule has 1 atom stereocenters. The Hall–Kier alpha value is -3.27. The van der Waals surface area contributed by atoms with Gasteiger partial charge in [-0.3, -0.25) is 13.9 Å². The van der Waals surface area contributed by atoms with Gasteiger partial charge < -0.3 is 19.7 Å². The van der Waals surface area contributed by atoms with Gasteiger partial charge >= 0.3 is 0 Å². The molecule has 0 spiro atoms. The summed E-state index contributed by atoms with van der Waals surface area (Å²) in [4.78, 5) is 28.1. The van der Waals surface area contributed by atoms with E-state index in [4.69, 9.17) is 9.47 Å². The zero-order chi connectivity index (χ0) is 25.6. The number of anilines is 1. The van der Waals surface area contributed by atoms with E-state index in [9.17, 15) is 18.0 Å². The summed E-state index contributed by atoms with van der Waals surface area (Å²) < 4.78 is 37.1. The van der Waals surface area contributed by atoms with E-state index in [0.29, 0.717) is 24.5 Å². The maximum Gasteiger partial charge on any atom is 0.244 e. The van der Waals surface area contributed by atoms with Gasteiger partial charge in [0.15, 0.2) is 11.5 Å². The molecule has 35 heavy (non-hydrogen) atoms. The molecule has 0 saturated heterocycles. The number of nitrogens with one attached hydrogen (secondary N) is 1. The summed E-state index contributed by atoms with van der Waals surface area (Å²) in [6.45, 7) is 6.00. The molecule has 1 heterocycles. The van der Waals surface area contributed by atoms with Crippen molar-refractivity contribution in [3.8, 4) is 11.5 Å². The zero-order valence-corrected chi connectivity index (χ0v) is 21.4. The van der Waals surface area contributed by atoms with Crippen molar-refractivity contribution in [3.05, 3.63) is 53.6 Å². The van der Waals surface area contributed by atoms with Crippen LogP contribution >= 0.6 is 0 Å². The van der Waals surface area contributed by atoms with E-state index in [1.54, 1.807) is 12.1 Å². The fourth-order valence-corrected chi connectivity index (χ4v) is 4.79. The first kappa shape index (κ1) is 26.3. The number of hydrogen-bond acceptors (Lipinski definition) is 6. The lowest BCUT2D eigenvalue weighted by Gasteiger charge is -2.33. The summed E-state index contributed by atoms with van der Waals surface area (Å²) in [6, 6.07) is 11.6. The maximum absolute atomic E-state index is 13.7. The van der Waals surface area contributed by atoms with Gasteiger partial charge in [-0.05, 0) is 37.5 Å². The normalized spacial score (nSPS) is 13.3. The number of nitrogens with zero attached hydrogens (tertiary/aromatic N) is 2. The smallest absolute Gasteiger partial charge is 0.244 e. The highest BCUT2D eigenvalue weighted by Crippen LogP contribution is 2.36. The second-order valence-electron chi connectivity index (χ2n) is 8.53. The Morgan fingerprint density at radius 1 is 1.09 bits per heavy atom. The fraction of sp³-hybridized carbons (Fsp3) is 0.440. The molecule has 3 rings (SSSR count). The molecule has 190 valence electrons. The van der Waals surface area contributed by atoms with Crippen LogP contribution in [0.5, 0.6) is 11.5 Å². The standard InChI is InChI=1S/C25H33N3O6S/c1-5-12-26-25(30)21(6-2)27(15-19-9-7-8-18(3)13-19)24(29)16-28(35(4,31)32)20-10-11-22-23(14-20)34-17-33-22/h7-11,13-14,21H,5-6,12,15-17H2,1-4H3,(H,26,30)/t21-/m0/s1. The third kappa shape index (κ3) is 6.66. The lowest BCUT2D eigenvalue weighted by atomic mass is 10.1. The number of carbonyl (C=O) groups is 2. The van der Waals surface area contributed by atoms with E-state index >= 15 is 0 Å². The zero-order valence-electron chi connectivity index (χ0n) is 20.6. The Bertz CT molecular complexity index is 1170. The Morgan fingerprint density at radius 3 is 2.49 bits per heavy atom. The van der Waals surface area contributed by atoms with Crippen LogP contribution in [0.25, 0.3) is 0 Å². The van der Waals surface area contributed by atoms with Crippen molar-refractivity contribution in [2.75, 3.05) is 30.4 Å². The van der Waals surface area contributed by atoms with E-state index in [-0.39, 0.29) is 24.9 Å². The van der Waals surface area contributed by atoms with E-state index in [2.05, 4.69) is 5.32 Å². The molecule has 0 aromatic heterocycles. The van der Waals surface area contributed by atoms with Gasteiger partial charge in [0.1, 0.15) is 12.6 Å². The van der Waals surface area contributed by atoms with Crippen molar-refractivity contribution in [3.63, 3.8) is 0 Å². The van der Waals surface area contributed by atoms with E-state index in [0.717, 1.165) is 28.1 Å². The first-order chi connectivity index (χ1) is 16.6. The predicted molar refractivity (Wildman–Crippen MR) is 134 cm³/mol. The average molecular weight is 504 g/mol. The SMILES string of the molecule is CCCNC(=O)[C@H](CC)N(Cc1cccc(C)c1)C(=O)CN(c1ccc2c(c1)OCO2)S(C)(=O)=O. The second kappa shape index (κ2) is 11.4. The average Bonchev–Trinajstić information content (AvgIpc) is 3.28. The van der Waals surface area contributed by atoms with Gasteiger partial charge in [-0.25, -0.2) is 8.42 Å². The number of sulfonamides is 1. The monoisotopic (exact) mass is 503 g/mol. The van der Waals surface area contributed by atoms with Crippen LogP contribution in [-0.2, 0) is 26.2 Å². The van der Waals surface area contributed by atoms with Crippen LogP contribution in [0.1, 0.15) is 37.8 Å². The topological polar surface area (TPSA) is 105 Å². The number of benzene rings is 2. The van der Waals surface area contributed by atoms with Gasteiger partial charge in [-0.15, -0.1) is 0 Å². The van der Waals surface area contributed by atoms with Crippen molar-refractivity contribution in [1.29, 1.82) is 0 Å². The van der Waals surface area contributed by atoms with Crippen molar-refractivity contribution >= 4 is 27.5 Å². The minimum atomic E-state index is -3.82. The van der Waals surface area contributed by atoms with Gasteiger partial charge in [0, 0.05) is 19.2 Å². The first-order valence-corrected chi connectivity index (χ1v) is 13.5. The highest BCUT2D eigenvalue weighted by Gasteiger charge is 2.32. The Kier molecular flexibility index (Phi) is 8.61. The quantitative estimate of drug-likeness (QED) is 0.506. The molecule has 0 fully saturated rings. The van der Waals surface area contributed by atoms with Crippen molar-refractivity contribution < 1.29 is 27.5 Å². The molecule has 1 aliphatic heterocycles. The minimum Gasteiger partial charge on any atom is -0.454 e. The molecular formula is C25H33N3O6S. The van der Waals surface area contributed by atoms with Gasteiger partial charge in [0.2, 0.25) is 28.6 Å². The van der Waals surface area contributed by atoms with E-state index in [1.807, 2.05) is 45.0 Å². The van der Waals surface area contributed by atoms with Crippen LogP contribution in [0, 0.1) is 6.92 Å². The summed E-state index contributed by atoms with van der Waals surface area (Å²) in [6.07, 6.45) is 2.19. The predicted octanol–water partition coefficient (Wildman–Crippen LogP) is 2.82. The third-order valence-corrected chi connectivity index (χ3v) is 6.83. The van der Waals surface area contributed by atoms with E-state index < -0.39 is 28.5 Å². The summed E-state index contributed by atoms with van der Waals surface area (Å²) in [5.74, 6) is 0.177. The maximum atomic E-state index is 13.7. The molecule has 0 unspecified atom stereocenters. The summed E-state index contributed by atoms with van der Waals surface area (Å²) in [7, 11) is -3.82. The number of hydrogen-bond donors (Lipinski definition) is 1. The molecule has 2 aromatic carbocycles. The largest absolute Gasteiger partial charge is 0.454 e. The molecule has 1 N–H and O–H groups in total. The second-order valence-corrected chi connectivity index (χ2v) is 10.4. The fourth-order valence-electron chi connectivity index (χ4n) is 3.95. The Balaban J connectivity index is 1.93. The number of aryl methyl sites for hydroxylation is 1. The Labute approximate surface area is 207 Å².